The van der Waals surface area contributed by atoms with E-state index in [0.29, 0.717) is 0 Å². The van der Waals surface area contributed by atoms with E-state index in [-0.39, 0.29) is 0 Å². The van der Waals surface area contributed by atoms with Crippen LogP contribution in [0.3, 0.4) is 0 Å². The maximum absolute atomic E-state index is 2.44. The number of fused-ring (bicyclic) bond motifs is 1. The van der Waals surface area contributed by atoms with Crippen LogP contribution in [0.2, 0.25) is 0 Å². The minimum absolute atomic E-state index is 0.799. The third-order valence-corrected chi connectivity index (χ3v) is 3.57. The van der Waals surface area contributed by atoms with Gasteiger partial charge in [-0.3, -0.25) is 0 Å². The second-order valence-electron chi connectivity index (χ2n) is 4.15. The van der Waals surface area contributed by atoms with E-state index in [1.54, 1.807) is 0 Å². The number of hydrogen-bond acceptors (Lipinski definition) is 0. The maximum Gasteiger partial charge on any atom is -0.0266 e. The molecule has 0 aromatic rings. The largest absolute Gasteiger partial charge is 0.0591 e. The Morgan fingerprint density at radius 1 is 1.00 bits per heavy atom. The summed E-state index contributed by atoms with van der Waals surface area (Å²) in [5.74, 6) is 0. The van der Waals surface area contributed by atoms with Crippen molar-refractivity contribution >= 4 is 0 Å². The summed E-state index contributed by atoms with van der Waals surface area (Å²) >= 11 is 0. The third kappa shape index (κ3) is 0.340. The van der Waals surface area contributed by atoms with Crippen molar-refractivity contribution in [3.8, 4) is 0 Å². The van der Waals surface area contributed by atoms with Crippen LogP contribution >= 0.6 is 0 Å². The van der Waals surface area contributed by atoms with Gasteiger partial charge in [0.25, 0.3) is 0 Å². The molecule has 8 heavy (non-hydrogen) atoms. The molecule has 0 saturated heterocycles. The molecule has 46 valence electrons. The fourth-order valence-corrected chi connectivity index (χ4v) is 2.47. The summed E-state index contributed by atoms with van der Waals surface area (Å²) in [5.41, 5.74) is 1.60. The number of hydrogen-bond donors (Lipinski definition) is 0. The second kappa shape index (κ2) is 0.984. The Morgan fingerprint density at radius 2 is 1.50 bits per heavy atom. The monoisotopic (exact) mass is 110 g/mol. The summed E-state index contributed by atoms with van der Waals surface area (Å²) in [6, 6.07) is 0. The second-order valence-corrected chi connectivity index (χ2v) is 4.15. The zero-order chi connectivity index (χ0) is 5.83. The molecule has 0 spiro atoms. The van der Waals surface area contributed by atoms with Crippen LogP contribution < -0.4 is 0 Å². The van der Waals surface area contributed by atoms with Gasteiger partial charge in [0.2, 0.25) is 0 Å². The molecule has 2 rings (SSSR count). The zero-order valence-corrected chi connectivity index (χ0v) is 5.83. The van der Waals surface area contributed by atoms with E-state index in [9.17, 15) is 0 Å². The first kappa shape index (κ1) is 4.84. The molecule has 0 nitrogen and oxygen atoms in total. The average Bonchev–Trinajstić information content (AvgIpc) is 2.00. The SMILES string of the molecule is CC12CCCC1(C)C2. The fraction of sp³-hybridized carbons (Fsp3) is 1.00. The van der Waals surface area contributed by atoms with Gasteiger partial charge in [0.1, 0.15) is 0 Å². The van der Waals surface area contributed by atoms with Crippen molar-refractivity contribution in [3.05, 3.63) is 0 Å². The normalized spacial score (nSPS) is 60.8. The summed E-state index contributed by atoms with van der Waals surface area (Å²) in [6.45, 7) is 4.89. The van der Waals surface area contributed by atoms with E-state index in [0.717, 1.165) is 10.8 Å². The minimum Gasteiger partial charge on any atom is -0.0591 e. The molecule has 2 saturated carbocycles. The van der Waals surface area contributed by atoms with E-state index in [2.05, 4.69) is 13.8 Å². The fourth-order valence-electron chi connectivity index (χ4n) is 2.47. The van der Waals surface area contributed by atoms with Gasteiger partial charge in [-0.05, 0) is 30.1 Å². The van der Waals surface area contributed by atoms with Crippen molar-refractivity contribution in [1.29, 1.82) is 0 Å². The van der Waals surface area contributed by atoms with Crippen molar-refractivity contribution in [2.75, 3.05) is 0 Å². The van der Waals surface area contributed by atoms with Crippen molar-refractivity contribution < 1.29 is 0 Å². The van der Waals surface area contributed by atoms with Crippen LogP contribution in [0.1, 0.15) is 39.5 Å². The molecule has 0 radical (unpaired) electrons. The predicted octanol–water partition coefficient (Wildman–Crippen LogP) is 2.59. The highest BCUT2D eigenvalue weighted by Gasteiger charge is 2.62. The molecule has 0 N–H and O–H groups in total. The molecule has 0 aromatic carbocycles. The van der Waals surface area contributed by atoms with Crippen LogP contribution in [-0.2, 0) is 0 Å². The van der Waals surface area contributed by atoms with E-state index >= 15 is 0 Å². The summed E-state index contributed by atoms with van der Waals surface area (Å²) in [4.78, 5) is 0. The summed E-state index contributed by atoms with van der Waals surface area (Å²) in [6.07, 6.45) is 6.01. The molecule has 0 bridgehead atoms. The quantitative estimate of drug-likeness (QED) is 0.449. The van der Waals surface area contributed by atoms with E-state index < -0.39 is 0 Å². The van der Waals surface area contributed by atoms with Gasteiger partial charge in [0.15, 0.2) is 0 Å². The van der Waals surface area contributed by atoms with Crippen LogP contribution in [0.15, 0.2) is 0 Å². The first-order chi connectivity index (χ1) is 3.66. The lowest BCUT2D eigenvalue weighted by Crippen LogP contribution is -1.95. The van der Waals surface area contributed by atoms with Gasteiger partial charge in [0, 0.05) is 0 Å². The third-order valence-electron chi connectivity index (χ3n) is 3.57. The highest BCUT2D eigenvalue weighted by Crippen LogP contribution is 2.72. The van der Waals surface area contributed by atoms with Gasteiger partial charge in [-0.2, -0.15) is 0 Å². The van der Waals surface area contributed by atoms with E-state index in [1.165, 1.54) is 25.7 Å². The van der Waals surface area contributed by atoms with Gasteiger partial charge in [-0.25, -0.2) is 0 Å². The van der Waals surface area contributed by atoms with Crippen molar-refractivity contribution in [2.24, 2.45) is 10.8 Å². The maximum atomic E-state index is 2.44. The molecule has 0 heterocycles. The molecule has 2 aliphatic rings. The van der Waals surface area contributed by atoms with E-state index in [4.69, 9.17) is 0 Å². The Bertz CT molecular complexity index is 106. The topological polar surface area (TPSA) is 0 Å². The Kier molecular flexibility index (Phi) is 0.595. The molecule has 2 atom stereocenters. The molecule has 0 aromatic heterocycles. The summed E-state index contributed by atoms with van der Waals surface area (Å²) < 4.78 is 0. The van der Waals surface area contributed by atoms with Crippen molar-refractivity contribution in [3.63, 3.8) is 0 Å². The van der Waals surface area contributed by atoms with Crippen molar-refractivity contribution in [2.45, 2.75) is 39.5 Å². The van der Waals surface area contributed by atoms with Gasteiger partial charge in [-0.15, -0.1) is 0 Å². The first-order valence-electron chi connectivity index (χ1n) is 3.66. The summed E-state index contributed by atoms with van der Waals surface area (Å²) in [5, 5.41) is 0. The molecule has 0 aliphatic heterocycles. The molecule has 2 unspecified atom stereocenters. The molecule has 0 amide bonds. The van der Waals surface area contributed by atoms with Gasteiger partial charge < -0.3 is 0 Å². The standard InChI is InChI=1S/C8H14/c1-7-4-3-5-8(7,2)6-7/h3-6H2,1-2H3. The van der Waals surface area contributed by atoms with E-state index in [1.807, 2.05) is 0 Å². The van der Waals surface area contributed by atoms with Crippen LogP contribution in [0, 0.1) is 10.8 Å². The average molecular weight is 110 g/mol. The molecule has 2 fully saturated rings. The van der Waals surface area contributed by atoms with Crippen molar-refractivity contribution in [1.82, 2.24) is 0 Å². The zero-order valence-electron chi connectivity index (χ0n) is 5.83. The Morgan fingerprint density at radius 3 is 1.62 bits per heavy atom. The highest BCUT2D eigenvalue weighted by atomic mass is 14.7. The van der Waals surface area contributed by atoms with Crippen LogP contribution in [0.25, 0.3) is 0 Å². The number of rotatable bonds is 0. The van der Waals surface area contributed by atoms with Gasteiger partial charge >= 0.3 is 0 Å². The Balaban J connectivity index is 2.26. The van der Waals surface area contributed by atoms with Crippen LogP contribution in [0.5, 0.6) is 0 Å². The Hall–Kier alpha value is 0. The highest BCUT2D eigenvalue weighted by molar-refractivity contribution is 5.12. The van der Waals surface area contributed by atoms with Gasteiger partial charge in [0.05, 0.1) is 0 Å². The van der Waals surface area contributed by atoms with Gasteiger partial charge in [-0.1, -0.05) is 20.3 Å². The molecule has 0 heteroatoms. The lowest BCUT2D eigenvalue weighted by molar-refractivity contribution is 0.457. The molecular weight excluding hydrogens is 96.1 g/mol. The predicted molar refractivity (Wildman–Crippen MR) is 34.7 cm³/mol. The molecule has 2 aliphatic carbocycles. The lowest BCUT2D eigenvalue weighted by Gasteiger charge is -2.03. The first-order valence-corrected chi connectivity index (χ1v) is 3.66. The van der Waals surface area contributed by atoms with Crippen LogP contribution in [-0.4, -0.2) is 0 Å². The Labute approximate surface area is 51.3 Å². The van der Waals surface area contributed by atoms with Crippen LogP contribution in [0.4, 0.5) is 0 Å². The smallest absolute Gasteiger partial charge is 0.0266 e. The summed E-state index contributed by atoms with van der Waals surface area (Å²) in [7, 11) is 0. The molecular formula is C8H14. The lowest BCUT2D eigenvalue weighted by atomic mass is 10.0. The minimum atomic E-state index is 0.799.